The molecule has 4 nitrogen and oxygen atoms in total. The summed E-state index contributed by atoms with van der Waals surface area (Å²) in [6.45, 7) is 1.93. The van der Waals surface area contributed by atoms with Gasteiger partial charge in [0, 0.05) is 28.9 Å². The molecular formula is C17H16N2O2. The van der Waals surface area contributed by atoms with Crippen LogP contribution in [-0.2, 0) is 11.2 Å². The molecule has 1 aliphatic rings. The molecule has 1 heterocycles. The van der Waals surface area contributed by atoms with Crippen molar-refractivity contribution in [2.45, 2.75) is 19.8 Å². The predicted molar refractivity (Wildman–Crippen MR) is 82.4 cm³/mol. The van der Waals surface area contributed by atoms with Gasteiger partial charge in [-0.3, -0.25) is 9.59 Å². The molecular weight excluding hydrogens is 264 g/mol. The summed E-state index contributed by atoms with van der Waals surface area (Å²) < 4.78 is 0. The van der Waals surface area contributed by atoms with Gasteiger partial charge in [0.1, 0.15) is 0 Å². The molecule has 106 valence electrons. The zero-order chi connectivity index (χ0) is 15.0. The molecule has 0 saturated heterocycles. The van der Waals surface area contributed by atoms with Crippen LogP contribution in [0.1, 0.15) is 33.5 Å². The van der Waals surface area contributed by atoms with Gasteiger partial charge < -0.3 is 11.1 Å². The molecule has 0 radical (unpaired) electrons. The number of benzene rings is 2. The van der Waals surface area contributed by atoms with Gasteiger partial charge in [-0.25, -0.2) is 0 Å². The molecule has 0 aliphatic carbocycles. The number of anilines is 2. The van der Waals surface area contributed by atoms with E-state index in [-0.39, 0.29) is 11.7 Å². The van der Waals surface area contributed by atoms with Crippen LogP contribution in [0.3, 0.4) is 0 Å². The number of carbonyl (C=O) groups excluding carboxylic acids is 2. The van der Waals surface area contributed by atoms with Crippen molar-refractivity contribution in [3.8, 4) is 0 Å². The Balaban J connectivity index is 1.99. The van der Waals surface area contributed by atoms with E-state index in [0.29, 0.717) is 29.7 Å². The average molecular weight is 280 g/mol. The SMILES string of the molecule is Cc1ccc(N)c(C(=O)c2ccc3c(c2)CCC(=O)N3)c1. The van der Waals surface area contributed by atoms with Crippen LogP contribution in [-0.4, -0.2) is 11.7 Å². The minimum absolute atomic E-state index is 0.0181. The fourth-order valence-corrected chi connectivity index (χ4v) is 2.55. The summed E-state index contributed by atoms with van der Waals surface area (Å²) in [5.74, 6) is -0.0691. The monoisotopic (exact) mass is 280 g/mol. The van der Waals surface area contributed by atoms with Crippen molar-refractivity contribution in [1.29, 1.82) is 0 Å². The summed E-state index contributed by atoms with van der Waals surface area (Å²) >= 11 is 0. The first-order chi connectivity index (χ1) is 10.0. The highest BCUT2D eigenvalue weighted by Gasteiger charge is 2.18. The van der Waals surface area contributed by atoms with Gasteiger partial charge >= 0.3 is 0 Å². The average Bonchev–Trinajstić information content (AvgIpc) is 2.48. The minimum atomic E-state index is -0.0871. The van der Waals surface area contributed by atoms with Crippen LogP contribution in [0, 0.1) is 6.92 Å². The van der Waals surface area contributed by atoms with Gasteiger partial charge in [-0.1, -0.05) is 11.6 Å². The molecule has 1 aliphatic heterocycles. The Morgan fingerprint density at radius 2 is 1.95 bits per heavy atom. The number of carbonyl (C=O) groups is 2. The van der Waals surface area contributed by atoms with Gasteiger partial charge in [-0.05, 0) is 49.2 Å². The van der Waals surface area contributed by atoms with Crippen molar-refractivity contribution in [1.82, 2.24) is 0 Å². The third-order valence-corrected chi connectivity index (χ3v) is 3.72. The second-order valence-corrected chi connectivity index (χ2v) is 5.34. The fourth-order valence-electron chi connectivity index (χ4n) is 2.55. The van der Waals surface area contributed by atoms with E-state index < -0.39 is 0 Å². The van der Waals surface area contributed by atoms with E-state index in [0.717, 1.165) is 16.8 Å². The molecule has 0 fully saturated rings. The zero-order valence-electron chi connectivity index (χ0n) is 11.8. The first kappa shape index (κ1) is 13.4. The van der Waals surface area contributed by atoms with Gasteiger partial charge in [-0.2, -0.15) is 0 Å². The summed E-state index contributed by atoms with van der Waals surface area (Å²) in [7, 11) is 0. The Labute approximate surface area is 123 Å². The highest BCUT2D eigenvalue weighted by molar-refractivity contribution is 6.12. The van der Waals surface area contributed by atoms with E-state index in [4.69, 9.17) is 5.73 Å². The molecule has 3 N–H and O–H groups in total. The molecule has 1 amide bonds. The number of hydrogen-bond acceptors (Lipinski definition) is 3. The van der Waals surface area contributed by atoms with E-state index in [1.165, 1.54) is 0 Å². The van der Waals surface area contributed by atoms with Crippen LogP contribution in [0.15, 0.2) is 36.4 Å². The van der Waals surface area contributed by atoms with Crippen LogP contribution in [0.25, 0.3) is 0 Å². The largest absolute Gasteiger partial charge is 0.398 e. The first-order valence-corrected chi connectivity index (χ1v) is 6.88. The Hall–Kier alpha value is -2.62. The predicted octanol–water partition coefficient (Wildman–Crippen LogP) is 2.69. The number of aryl methyl sites for hydroxylation is 2. The van der Waals surface area contributed by atoms with Crippen LogP contribution < -0.4 is 11.1 Å². The van der Waals surface area contributed by atoms with Crippen molar-refractivity contribution in [3.63, 3.8) is 0 Å². The zero-order valence-corrected chi connectivity index (χ0v) is 11.8. The van der Waals surface area contributed by atoms with E-state index in [2.05, 4.69) is 5.32 Å². The Morgan fingerprint density at radius 3 is 2.76 bits per heavy atom. The highest BCUT2D eigenvalue weighted by Crippen LogP contribution is 2.26. The van der Waals surface area contributed by atoms with Crippen LogP contribution in [0.4, 0.5) is 11.4 Å². The molecule has 3 rings (SSSR count). The van der Waals surface area contributed by atoms with Crippen LogP contribution in [0.2, 0.25) is 0 Å². The van der Waals surface area contributed by atoms with Crippen molar-refractivity contribution in [3.05, 3.63) is 58.7 Å². The molecule has 4 heteroatoms. The summed E-state index contributed by atoms with van der Waals surface area (Å²) in [6, 6.07) is 10.8. The van der Waals surface area contributed by atoms with Gasteiger partial charge in [-0.15, -0.1) is 0 Å². The summed E-state index contributed by atoms with van der Waals surface area (Å²) in [4.78, 5) is 24.0. The Morgan fingerprint density at radius 1 is 1.14 bits per heavy atom. The lowest BCUT2D eigenvalue weighted by atomic mass is 9.95. The maximum absolute atomic E-state index is 12.6. The summed E-state index contributed by atoms with van der Waals surface area (Å²) in [5.41, 5.74) is 10.3. The van der Waals surface area contributed by atoms with E-state index in [9.17, 15) is 9.59 Å². The smallest absolute Gasteiger partial charge is 0.224 e. The highest BCUT2D eigenvalue weighted by atomic mass is 16.1. The number of amides is 1. The van der Waals surface area contributed by atoms with Crippen LogP contribution in [0.5, 0.6) is 0 Å². The van der Waals surface area contributed by atoms with Crippen molar-refractivity contribution in [2.75, 3.05) is 11.1 Å². The summed E-state index contributed by atoms with van der Waals surface area (Å²) in [6.07, 6.45) is 1.11. The van der Waals surface area contributed by atoms with Crippen molar-refractivity contribution >= 4 is 23.1 Å². The lowest BCUT2D eigenvalue weighted by Gasteiger charge is -2.17. The Bertz CT molecular complexity index is 750. The third kappa shape index (κ3) is 2.52. The first-order valence-electron chi connectivity index (χ1n) is 6.88. The second kappa shape index (κ2) is 5.05. The third-order valence-electron chi connectivity index (χ3n) is 3.72. The van der Waals surface area contributed by atoms with Gasteiger partial charge in [0.05, 0.1) is 0 Å². The number of ketones is 1. The van der Waals surface area contributed by atoms with Crippen LogP contribution >= 0.6 is 0 Å². The van der Waals surface area contributed by atoms with Crippen molar-refractivity contribution in [2.24, 2.45) is 0 Å². The topological polar surface area (TPSA) is 72.2 Å². The molecule has 0 spiro atoms. The number of hydrogen-bond donors (Lipinski definition) is 2. The van der Waals surface area contributed by atoms with Gasteiger partial charge in [0.15, 0.2) is 5.78 Å². The molecule has 0 saturated carbocycles. The quantitative estimate of drug-likeness (QED) is 0.656. The molecule has 0 unspecified atom stereocenters. The maximum atomic E-state index is 12.6. The second-order valence-electron chi connectivity index (χ2n) is 5.34. The maximum Gasteiger partial charge on any atom is 0.224 e. The fraction of sp³-hybridized carbons (Fsp3) is 0.176. The Kier molecular flexibility index (Phi) is 3.22. The van der Waals surface area contributed by atoms with E-state index >= 15 is 0 Å². The standard InChI is InChI=1S/C17H16N2O2/c1-10-2-5-14(18)13(8-10)17(21)12-3-6-15-11(9-12)4-7-16(20)19-15/h2-3,5-6,8-9H,4,7,18H2,1H3,(H,19,20). The van der Waals surface area contributed by atoms with E-state index in [1.54, 1.807) is 24.3 Å². The van der Waals surface area contributed by atoms with Crippen molar-refractivity contribution < 1.29 is 9.59 Å². The number of nitrogen functional groups attached to an aromatic ring is 1. The minimum Gasteiger partial charge on any atom is -0.398 e. The molecule has 0 aromatic heterocycles. The number of nitrogens with two attached hydrogens (primary N) is 1. The molecule has 0 bridgehead atoms. The molecule has 21 heavy (non-hydrogen) atoms. The number of nitrogens with one attached hydrogen (secondary N) is 1. The molecule has 2 aromatic rings. The number of fused-ring (bicyclic) bond motifs is 1. The molecule has 2 aromatic carbocycles. The lowest BCUT2D eigenvalue weighted by Crippen LogP contribution is -2.19. The normalized spacial score (nSPS) is 13.5. The van der Waals surface area contributed by atoms with Gasteiger partial charge in [0.25, 0.3) is 0 Å². The molecule has 0 atom stereocenters. The lowest BCUT2D eigenvalue weighted by molar-refractivity contribution is -0.116. The van der Waals surface area contributed by atoms with E-state index in [1.807, 2.05) is 19.1 Å². The summed E-state index contributed by atoms with van der Waals surface area (Å²) in [5, 5.41) is 2.81. The van der Waals surface area contributed by atoms with Gasteiger partial charge in [0.2, 0.25) is 5.91 Å². The number of rotatable bonds is 2.